The minimum Gasteiger partial charge on any atom is -0.438 e. The summed E-state index contributed by atoms with van der Waals surface area (Å²) in [6.45, 7) is 0. The van der Waals surface area contributed by atoms with Gasteiger partial charge in [-0.25, -0.2) is 9.98 Å². The number of para-hydroxylation sites is 1. The van der Waals surface area contributed by atoms with Gasteiger partial charge in [-0.15, -0.1) is 13.2 Å². The third-order valence-electron chi connectivity index (χ3n) is 4.11. The van der Waals surface area contributed by atoms with Crippen molar-refractivity contribution < 1.29 is 27.1 Å². The van der Waals surface area contributed by atoms with Gasteiger partial charge in [0, 0.05) is 11.6 Å². The normalized spacial score (nSPS) is 12.0. The van der Waals surface area contributed by atoms with Crippen molar-refractivity contribution in [3.63, 3.8) is 0 Å². The fraction of sp³-hybridized carbons (Fsp3) is 0.0455. The first-order chi connectivity index (χ1) is 14.9. The van der Waals surface area contributed by atoms with E-state index < -0.39 is 12.3 Å². The van der Waals surface area contributed by atoms with E-state index in [1.54, 1.807) is 48.5 Å². The predicted molar refractivity (Wildman–Crippen MR) is 107 cm³/mol. The first-order valence-electron chi connectivity index (χ1n) is 9.03. The number of alkyl halides is 3. The Morgan fingerprint density at radius 1 is 1.00 bits per heavy atom. The molecule has 0 saturated heterocycles. The van der Waals surface area contributed by atoms with Crippen molar-refractivity contribution in [1.82, 2.24) is 4.98 Å². The van der Waals surface area contributed by atoms with Gasteiger partial charge in [0.1, 0.15) is 22.7 Å². The number of nitrogens with zero attached hydrogens (tertiary/aromatic N) is 2. The summed E-state index contributed by atoms with van der Waals surface area (Å²) in [5.74, 6) is -0.528. The van der Waals surface area contributed by atoms with Gasteiger partial charge in [0.05, 0.1) is 5.69 Å². The van der Waals surface area contributed by atoms with E-state index in [0.29, 0.717) is 16.8 Å². The molecule has 0 aliphatic carbocycles. The highest BCUT2D eigenvalue weighted by Gasteiger charge is 2.30. The number of hydrogen-bond donors (Lipinski definition) is 1. The molecular formula is C22H14F3N3O3. The van der Waals surface area contributed by atoms with Crippen LogP contribution in [-0.4, -0.2) is 17.3 Å². The van der Waals surface area contributed by atoms with Crippen molar-refractivity contribution in [2.45, 2.75) is 6.36 Å². The second-order valence-electron chi connectivity index (χ2n) is 6.33. The highest BCUT2D eigenvalue weighted by atomic mass is 19.4. The number of nitrogens with one attached hydrogen (secondary N) is 1. The minimum absolute atomic E-state index is 0.00313. The molecule has 0 aliphatic rings. The molecule has 0 unspecified atom stereocenters. The van der Waals surface area contributed by atoms with Crippen molar-refractivity contribution in [1.29, 1.82) is 0 Å². The van der Waals surface area contributed by atoms with Gasteiger partial charge in [-0.3, -0.25) is 4.79 Å². The molecule has 0 atom stereocenters. The second kappa shape index (κ2) is 8.31. The average Bonchev–Trinajstić information content (AvgIpc) is 2.74. The zero-order valence-corrected chi connectivity index (χ0v) is 15.8. The molecule has 2 aromatic carbocycles. The van der Waals surface area contributed by atoms with Gasteiger partial charge >= 0.3 is 6.36 Å². The van der Waals surface area contributed by atoms with Crippen LogP contribution in [0.1, 0.15) is 10.4 Å². The van der Waals surface area contributed by atoms with Crippen LogP contribution in [0.4, 0.5) is 24.7 Å². The van der Waals surface area contributed by atoms with Gasteiger partial charge in [0.2, 0.25) is 5.55 Å². The Hall–Kier alpha value is -4.14. The molecule has 4 aromatic rings. The molecule has 4 rings (SSSR count). The lowest BCUT2D eigenvalue weighted by Gasteiger charge is -2.08. The van der Waals surface area contributed by atoms with Crippen molar-refractivity contribution in [3.05, 3.63) is 90.1 Å². The lowest BCUT2D eigenvalue weighted by Crippen LogP contribution is -2.22. The van der Waals surface area contributed by atoms with Gasteiger partial charge in [-0.1, -0.05) is 24.3 Å². The molecule has 31 heavy (non-hydrogen) atoms. The number of carbonyl (C=O) groups is 1. The predicted octanol–water partition coefficient (Wildman–Crippen LogP) is 5.21. The Balaban J connectivity index is 1.75. The maximum absolute atomic E-state index is 12.9. The fourth-order valence-corrected chi connectivity index (χ4v) is 2.77. The maximum atomic E-state index is 12.9. The van der Waals surface area contributed by atoms with Gasteiger partial charge in [0.25, 0.3) is 5.91 Å². The van der Waals surface area contributed by atoms with Gasteiger partial charge in [-0.05, 0) is 48.5 Å². The van der Waals surface area contributed by atoms with E-state index in [1.165, 1.54) is 18.3 Å². The van der Waals surface area contributed by atoms with Crippen LogP contribution < -0.4 is 15.6 Å². The van der Waals surface area contributed by atoms with Crippen molar-refractivity contribution in [2.24, 2.45) is 4.99 Å². The molecule has 0 fully saturated rings. The van der Waals surface area contributed by atoms with Crippen molar-refractivity contribution in [2.75, 3.05) is 5.32 Å². The molecule has 0 saturated carbocycles. The van der Waals surface area contributed by atoms with Crippen molar-refractivity contribution >= 4 is 28.4 Å². The summed E-state index contributed by atoms with van der Waals surface area (Å²) in [5.41, 5.74) is 0.907. The summed E-state index contributed by atoms with van der Waals surface area (Å²) in [6, 6.07) is 18.7. The molecule has 1 N–H and O–H groups in total. The van der Waals surface area contributed by atoms with E-state index in [2.05, 4.69) is 20.0 Å². The lowest BCUT2D eigenvalue weighted by molar-refractivity contribution is -0.274. The monoisotopic (exact) mass is 425 g/mol. The number of fused-ring (bicyclic) bond motifs is 1. The van der Waals surface area contributed by atoms with E-state index in [1.807, 2.05) is 0 Å². The Labute approximate surface area is 173 Å². The van der Waals surface area contributed by atoms with E-state index in [0.717, 1.165) is 12.1 Å². The molecule has 0 spiro atoms. The molecule has 9 heteroatoms. The van der Waals surface area contributed by atoms with Crippen LogP contribution in [0.25, 0.3) is 11.0 Å². The number of amides is 1. The largest absolute Gasteiger partial charge is 0.573 e. The summed E-state index contributed by atoms with van der Waals surface area (Å²) in [6.07, 6.45) is -3.25. The van der Waals surface area contributed by atoms with E-state index in [-0.39, 0.29) is 22.6 Å². The number of benzene rings is 2. The number of halogens is 3. The maximum Gasteiger partial charge on any atom is 0.573 e. The number of rotatable bonds is 4. The molecule has 6 nitrogen and oxygen atoms in total. The first kappa shape index (κ1) is 20.1. The van der Waals surface area contributed by atoms with Crippen LogP contribution in [0.3, 0.4) is 0 Å². The molecule has 2 aromatic heterocycles. The molecule has 1 amide bonds. The SMILES string of the molecule is O=C(Nc1ccccn1)c1cc2ccccc2oc1=Nc1ccc(OC(F)(F)F)cc1. The summed E-state index contributed by atoms with van der Waals surface area (Å²) >= 11 is 0. The number of aromatic nitrogens is 1. The summed E-state index contributed by atoms with van der Waals surface area (Å²) in [5, 5.41) is 3.35. The number of anilines is 1. The Bertz CT molecular complexity index is 1280. The third-order valence-corrected chi connectivity index (χ3v) is 4.11. The third kappa shape index (κ3) is 5.08. The Morgan fingerprint density at radius 2 is 1.74 bits per heavy atom. The zero-order valence-electron chi connectivity index (χ0n) is 15.8. The Morgan fingerprint density at radius 3 is 2.45 bits per heavy atom. The van der Waals surface area contributed by atoms with E-state index >= 15 is 0 Å². The lowest BCUT2D eigenvalue weighted by atomic mass is 10.1. The van der Waals surface area contributed by atoms with E-state index in [4.69, 9.17) is 4.42 Å². The van der Waals surface area contributed by atoms with Crippen LogP contribution >= 0.6 is 0 Å². The molecule has 2 heterocycles. The standard InChI is InChI=1S/C22H14F3N3O3/c23-22(24,25)31-16-10-8-15(9-11-16)27-21-17(13-14-5-1-2-6-18(14)30-21)20(29)28-19-7-3-4-12-26-19/h1-13H,(H,26,28,29). The smallest absolute Gasteiger partial charge is 0.438 e. The summed E-state index contributed by atoms with van der Waals surface area (Å²) in [7, 11) is 0. The Kier molecular flexibility index (Phi) is 5.40. The van der Waals surface area contributed by atoms with Crippen molar-refractivity contribution in [3.8, 4) is 5.75 Å². The van der Waals surface area contributed by atoms with Gasteiger partial charge in [-0.2, -0.15) is 0 Å². The highest BCUT2D eigenvalue weighted by Crippen LogP contribution is 2.25. The minimum atomic E-state index is -4.79. The summed E-state index contributed by atoms with van der Waals surface area (Å²) < 4.78 is 46.7. The second-order valence-corrected chi connectivity index (χ2v) is 6.33. The molecule has 0 bridgehead atoms. The molecule has 0 aliphatic heterocycles. The number of carbonyl (C=O) groups excluding carboxylic acids is 1. The average molecular weight is 425 g/mol. The quantitative estimate of drug-likeness (QED) is 0.487. The van der Waals surface area contributed by atoms with Crippen LogP contribution in [0, 0.1) is 0 Å². The number of hydrogen-bond acceptors (Lipinski definition) is 5. The zero-order chi connectivity index (χ0) is 21.8. The van der Waals surface area contributed by atoms with Crippen LogP contribution in [0.15, 0.2) is 88.4 Å². The van der Waals surface area contributed by atoms with Crippen LogP contribution in [-0.2, 0) is 0 Å². The first-order valence-corrected chi connectivity index (χ1v) is 9.03. The molecule has 156 valence electrons. The number of ether oxygens (including phenoxy) is 1. The number of pyridine rings is 1. The van der Waals surface area contributed by atoms with Gasteiger partial charge < -0.3 is 14.5 Å². The van der Waals surface area contributed by atoms with Gasteiger partial charge in [0.15, 0.2) is 0 Å². The van der Waals surface area contributed by atoms with E-state index in [9.17, 15) is 18.0 Å². The molecule has 0 radical (unpaired) electrons. The van der Waals surface area contributed by atoms with Crippen LogP contribution in [0.2, 0.25) is 0 Å². The summed E-state index contributed by atoms with van der Waals surface area (Å²) in [4.78, 5) is 21.2. The van der Waals surface area contributed by atoms with Crippen LogP contribution in [0.5, 0.6) is 5.75 Å². The highest BCUT2D eigenvalue weighted by molar-refractivity contribution is 6.04. The molecular weight excluding hydrogens is 411 g/mol. The fourth-order valence-electron chi connectivity index (χ4n) is 2.77. The topological polar surface area (TPSA) is 76.7 Å².